The third-order valence-corrected chi connectivity index (χ3v) is 5.10. The number of para-hydroxylation sites is 2. The van der Waals surface area contributed by atoms with Crippen LogP contribution in [-0.2, 0) is 6.42 Å². The Morgan fingerprint density at radius 2 is 1.67 bits per heavy atom. The molecule has 1 aliphatic rings. The Balaban J connectivity index is 1.40. The lowest BCUT2D eigenvalue weighted by Crippen LogP contribution is -2.36. The number of anilines is 1. The van der Waals surface area contributed by atoms with E-state index < -0.39 is 0 Å². The number of aromatic nitrogens is 2. The van der Waals surface area contributed by atoms with Gasteiger partial charge in [0.2, 0.25) is 5.95 Å². The van der Waals surface area contributed by atoms with E-state index in [4.69, 9.17) is 5.73 Å². The van der Waals surface area contributed by atoms with Crippen molar-refractivity contribution in [1.29, 1.82) is 0 Å². The quantitative estimate of drug-likeness (QED) is 0.800. The minimum Gasteiger partial charge on any atom is -0.369 e. The predicted molar refractivity (Wildman–Crippen MR) is 99.0 cm³/mol. The van der Waals surface area contributed by atoms with Gasteiger partial charge in [-0.3, -0.25) is 0 Å². The first-order valence-corrected chi connectivity index (χ1v) is 8.80. The molecule has 3 aromatic rings. The molecule has 124 valence electrons. The highest BCUT2D eigenvalue weighted by molar-refractivity contribution is 5.78. The van der Waals surface area contributed by atoms with Crippen LogP contribution < -0.4 is 5.73 Å². The number of nitrogen functional groups attached to an aromatic ring is 1. The maximum Gasteiger partial charge on any atom is 0.201 e. The lowest BCUT2D eigenvalue weighted by atomic mass is 10.0. The van der Waals surface area contributed by atoms with Crippen molar-refractivity contribution in [2.24, 2.45) is 0 Å². The summed E-state index contributed by atoms with van der Waals surface area (Å²) < 4.78 is 2.24. The van der Waals surface area contributed by atoms with E-state index in [-0.39, 0.29) is 0 Å². The summed E-state index contributed by atoms with van der Waals surface area (Å²) in [7, 11) is 0. The van der Waals surface area contributed by atoms with Gasteiger partial charge in [-0.1, -0.05) is 42.5 Å². The average molecular weight is 320 g/mol. The minimum absolute atomic E-state index is 0.463. The number of fused-ring (bicyclic) bond motifs is 1. The third-order valence-electron chi connectivity index (χ3n) is 5.10. The van der Waals surface area contributed by atoms with Crippen LogP contribution in [0.3, 0.4) is 0 Å². The molecular weight excluding hydrogens is 296 g/mol. The molecule has 0 atom stereocenters. The van der Waals surface area contributed by atoms with Crippen molar-refractivity contribution in [3.63, 3.8) is 0 Å². The molecule has 2 aromatic carbocycles. The second kappa shape index (κ2) is 6.65. The molecule has 1 fully saturated rings. The monoisotopic (exact) mass is 320 g/mol. The molecule has 24 heavy (non-hydrogen) atoms. The maximum atomic E-state index is 6.19. The Morgan fingerprint density at radius 1 is 0.958 bits per heavy atom. The summed E-state index contributed by atoms with van der Waals surface area (Å²) in [4.78, 5) is 7.08. The van der Waals surface area contributed by atoms with Crippen LogP contribution in [0, 0.1) is 0 Å². The third kappa shape index (κ3) is 3.02. The molecule has 1 aliphatic heterocycles. The largest absolute Gasteiger partial charge is 0.369 e. The Labute approximate surface area is 142 Å². The molecule has 1 saturated heterocycles. The molecule has 0 aliphatic carbocycles. The molecule has 4 nitrogen and oxygen atoms in total. The van der Waals surface area contributed by atoms with Gasteiger partial charge in [-0.25, -0.2) is 4.98 Å². The second-order valence-corrected chi connectivity index (χ2v) is 6.64. The average Bonchev–Trinajstić information content (AvgIpc) is 2.97. The number of likely N-dealkylation sites (tertiary alicyclic amines) is 1. The lowest BCUT2D eigenvalue weighted by Gasteiger charge is -2.33. The van der Waals surface area contributed by atoms with Crippen LogP contribution in [0.25, 0.3) is 11.0 Å². The molecular formula is C20H24N4. The summed E-state index contributed by atoms with van der Waals surface area (Å²) in [6.07, 6.45) is 3.40. The number of piperidine rings is 1. The maximum absolute atomic E-state index is 6.19. The van der Waals surface area contributed by atoms with Gasteiger partial charge in [-0.15, -0.1) is 0 Å². The fraction of sp³-hybridized carbons (Fsp3) is 0.350. The van der Waals surface area contributed by atoms with E-state index >= 15 is 0 Å². The summed E-state index contributed by atoms with van der Waals surface area (Å²) >= 11 is 0. The topological polar surface area (TPSA) is 47.1 Å². The Morgan fingerprint density at radius 3 is 2.46 bits per heavy atom. The fourth-order valence-electron chi connectivity index (χ4n) is 3.78. The minimum atomic E-state index is 0.463. The molecule has 0 bridgehead atoms. The van der Waals surface area contributed by atoms with Gasteiger partial charge < -0.3 is 15.2 Å². The van der Waals surface area contributed by atoms with E-state index in [9.17, 15) is 0 Å². The molecule has 4 rings (SSSR count). The van der Waals surface area contributed by atoms with Crippen LogP contribution >= 0.6 is 0 Å². The van der Waals surface area contributed by atoms with Crippen LogP contribution in [-0.4, -0.2) is 34.1 Å². The first-order valence-electron chi connectivity index (χ1n) is 8.80. The molecule has 0 radical (unpaired) electrons. The number of nitrogens with zero attached hydrogens (tertiary/aromatic N) is 3. The standard InChI is InChI=1S/C20H24N4/c21-20-22-18-8-4-5-9-19(18)24(20)17-11-14-23(15-12-17)13-10-16-6-2-1-3-7-16/h1-9,17H,10-15H2,(H2,21,22). The highest BCUT2D eigenvalue weighted by atomic mass is 15.2. The molecule has 0 spiro atoms. The van der Waals surface area contributed by atoms with Gasteiger partial charge in [-0.05, 0) is 37.0 Å². The molecule has 0 unspecified atom stereocenters. The number of hydrogen-bond donors (Lipinski definition) is 1. The first-order chi connectivity index (χ1) is 11.8. The highest BCUT2D eigenvalue weighted by Crippen LogP contribution is 2.29. The second-order valence-electron chi connectivity index (χ2n) is 6.64. The molecule has 0 amide bonds. The smallest absolute Gasteiger partial charge is 0.201 e. The summed E-state index contributed by atoms with van der Waals surface area (Å²) in [6, 6.07) is 19.5. The van der Waals surface area contributed by atoms with Crippen LogP contribution in [0.1, 0.15) is 24.4 Å². The van der Waals surface area contributed by atoms with E-state index in [0.717, 1.165) is 49.9 Å². The van der Waals surface area contributed by atoms with Gasteiger partial charge >= 0.3 is 0 Å². The van der Waals surface area contributed by atoms with Gasteiger partial charge in [0, 0.05) is 25.7 Å². The van der Waals surface area contributed by atoms with Crippen LogP contribution in [0.15, 0.2) is 54.6 Å². The number of rotatable bonds is 4. The van der Waals surface area contributed by atoms with Gasteiger partial charge in [0.25, 0.3) is 0 Å². The Hall–Kier alpha value is -2.33. The van der Waals surface area contributed by atoms with Crippen molar-refractivity contribution in [3.8, 4) is 0 Å². The predicted octanol–water partition coefficient (Wildman–Crippen LogP) is 3.50. The highest BCUT2D eigenvalue weighted by Gasteiger charge is 2.23. The number of nitrogens with two attached hydrogens (primary N) is 1. The summed E-state index contributed by atoms with van der Waals surface area (Å²) in [5.74, 6) is 0.652. The van der Waals surface area contributed by atoms with E-state index in [0.29, 0.717) is 12.0 Å². The zero-order valence-corrected chi connectivity index (χ0v) is 13.9. The van der Waals surface area contributed by atoms with E-state index in [2.05, 4.69) is 56.9 Å². The summed E-state index contributed by atoms with van der Waals surface area (Å²) in [5, 5.41) is 0. The normalized spacial score (nSPS) is 16.7. The van der Waals surface area contributed by atoms with Crippen molar-refractivity contribution in [2.45, 2.75) is 25.3 Å². The molecule has 2 heterocycles. The van der Waals surface area contributed by atoms with E-state index in [1.165, 1.54) is 5.56 Å². The van der Waals surface area contributed by atoms with Gasteiger partial charge in [-0.2, -0.15) is 0 Å². The van der Waals surface area contributed by atoms with Crippen molar-refractivity contribution in [3.05, 3.63) is 60.2 Å². The SMILES string of the molecule is Nc1nc2ccccc2n1C1CCN(CCc2ccccc2)CC1. The van der Waals surface area contributed by atoms with Crippen LogP contribution in [0.5, 0.6) is 0 Å². The Bertz CT molecular complexity index is 801. The summed E-state index contributed by atoms with van der Waals surface area (Å²) in [6.45, 7) is 3.39. The van der Waals surface area contributed by atoms with Gasteiger partial charge in [0.05, 0.1) is 11.0 Å². The van der Waals surface area contributed by atoms with Crippen molar-refractivity contribution in [1.82, 2.24) is 14.5 Å². The number of benzene rings is 2. The van der Waals surface area contributed by atoms with Gasteiger partial charge in [0.15, 0.2) is 0 Å². The van der Waals surface area contributed by atoms with Crippen molar-refractivity contribution in [2.75, 3.05) is 25.4 Å². The van der Waals surface area contributed by atoms with Crippen molar-refractivity contribution < 1.29 is 0 Å². The van der Waals surface area contributed by atoms with Crippen molar-refractivity contribution >= 4 is 17.0 Å². The molecule has 4 heteroatoms. The summed E-state index contributed by atoms with van der Waals surface area (Å²) in [5.41, 5.74) is 9.78. The number of hydrogen-bond acceptors (Lipinski definition) is 3. The fourth-order valence-corrected chi connectivity index (χ4v) is 3.78. The lowest BCUT2D eigenvalue weighted by molar-refractivity contribution is 0.191. The zero-order chi connectivity index (χ0) is 16.4. The first kappa shape index (κ1) is 15.2. The van der Waals surface area contributed by atoms with E-state index in [1.54, 1.807) is 0 Å². The number of imidazole rings is 1. The van der Waals surface area contributed by atoms with Gasteiger partial charge in [0.1, 0.15) is 0 Å². The van der Waals surface area contributed by atoms with E-state index in [1.807, 2.05) is 12.1 Å². The molecule has 1 aromatic heterocycles. The van der Waals surface area contributed by atoms with Crippen LogP contribution in [0.2, 0.25) is 0 Å². The molecule has 0 saturated carbocycles. The zero-order valence-electron chi connectivity index (χ0n) is 13.9. The van der Waals surface area contributed by atoms with Crippen LogP contribution in [0.4, 0.5) is 5.95 Å². The molecule has 2 N–H and O–H groups in total. The Kier molecular flexibility index (Phi) is 4.22.